The van der Waals surface area contributed by atoms with E-state index < -0.39 is 12.0 Å². The van der Waals surface area contributed by atoms with Crippen LogP contribution >= 0.6 is 0 Å². The lowest BCUT2D eigenvalue weighted by molar-refractivity contribution is -0.152. The zero-order valence-corrected chi connectivity index (χ0v) is 21.9. The molecule has 2 saturated heterocycles. The largest absolute Gasteiger partial charge is 0.491 e. The molecule has 1 aromatic heterocycles. The number of hydrogen-bond acceptors (Lipinski definition) is 6. The molecule has 0 radical (unpaired) electrons. The normalized spacial score (nSPS) is 20.7. The minimum Gasteiger partial charge on any atom is -0.491 e. The van der Waals surface area contributed by atoms with Crippen molar-refractivity contribution in [3.05, 3.63) is 53.2 Å². The first kappa shape index (κ1) is 25.5. The van der Waals surface area contributed by atoms with E-state index in [-0.39, 0.29) is 17.9 Å². The Kier molecular flexibility index (Phi) is 7.65. The van der Waals surface area contributed by atoms with E-state index in [2.05, 4.69) is 17.4 Å². The van der Waals surface area contributed by atoms with Crippen LogP contribution in [0.4, 0.5) is 5.82 Å². The topological polar surface area (TPSA) is 95.0 Å². The second kappa shape index (κ2) is 11.1. The van der Waals surface area contributed by atoms with Gasteiger partial charge in [0.25, 0.3) is 0 Å². The fourth-order valence-electron chi connectivity index (χ4n) is 5.82. The maximum atomic E-state index is 13.2. The molecule has 3 aliphatic heterocycles. The number of carboxylic acid groups (broad SMARTS) is 1. The zero-order chi connectivity index (χ0) is 25.9. The number of carbonyl (C=O) groups excluding carboxylic acids is 1. The number of carboxylic acids is 1. The highest BCUT2D eigenvalue weighted by Gasteiger charge is 2.43. The number of amides is 1. The molecule has 8 heteroatoms. The smallest absolute Gasteiger partial charge is 0.325 e. The number of benzene rings is 1. The van der Waals surface area contributed by atoms with Gasteiger partial charge in [-0.3, -0.25) is 14.5 Å². The average Bonchev–Trinajstić information content (AvgIpc) is 3.33. The molecule has 198 valence electrons. The minimum atomic E-state index is -0.919. The maximum Gasteiger partial charge on any atom is 0.325 e. The molecule has 4 heterocycles. The Hall–Kier alpha value is -3.13. The predicted molar refractivity (Wildman–Crippen MR) is 142 cm³/mol. The first-order valence-electron chi connectivity index (χ1n) is 13.6. The molecule has 0 bridgehead atoms. The number of anilines is 1. The number of rotatable bonds is 9. The highest BCUT2D eigenvalue weighted by molar-refractivity contribution is 5.82. The third-order valence-electron chi connectivity index (χ3n) is 7.79. The van der Waals surface area contributed by atoms with Crippen molar-refractivity contribution in [2.45, 2.75) is 58.1 Å². The van der Waals surface area contributed by atoms with Gasteiger partial charge in [-0.1, -0.05) is 24.3 Å². The molecule has 37 heavy (non-hydrogen) atoms. The molecule has 2 atom stereocenters. The van der Waals surface area contributed by atoms with E-state index in [1.54, 1.807) is 0 Å². The molecule has 0 saturated carbocycles. The molecule has 0 aliphatic carbocycles. The van der Waals surface area contributed by atoms with Gasteiger partial charge in [0, 0.05) is 44.0 Å². The molecule has 1 aromatic carbocycles. The van der Waals surface area contributed by atoms with Crippen LogP contribution in [-0.4, -0.2) is 70.6 Å². The van der Waals surface area contributed by atoms with Gasteiger partial charge in [0.2, 0.25) is 5.91 Å². The van der Waals surface area contributed by atoms with E-state index >= 15 is 0 Å². The number of para-hydroxylation sites is 1. The van der Waals surface area contributed by atoms with Crippen LogP contribution in [-0.2, 0) is 22.4 Å². The standard InChI is InChI=1S/C29H38N4O4/c1-19(2)37-25-8-4-3-7-24(25)26(29(35)36)33-17-22(18-33)28(34)32-15-13-20(16-32)9-11-23-12-10-21-6-5-14-30-27(21)31-23/h3-4,7-8,10,12,19-20,22,26H,5-6,9,11,13-18H2,1-2H3,(H,30,31)(H,35,36)/t20-,26?/m1/s1. The minimum absolute atomic E-state index is 0.0517. The highest BCUT2D eigenvalue weighted by Crippen LogP contribution is 2.36. The van der Waals surface area contributed by atoms with Crippen molar-refractivity contribution < 1.29 is 19.4 Å². The number of pyridine rings is 1. The van der Waals surface area contributed by atoms with Crippen LogP contribution in [0.25, 0.3) is 0 Å². The summed E-state index contributed by atoms with van der Waals surface area (Å²) in [6.45, 7) is 7.33. The molecule has 0 spiro atoms. The van der Waals surface area contributed by atoms with Gasteiger partial charge in [-0.15, -0.1) is 0 Å². The number of fused-ring (bicyclic) bond motifs is 1. The molecule has 2 fully saturated rings. The number of aliphatic carboxylic acids is 1. The van der Waals surface area contributed by atoms with Crippen molar-refractivity contribution in [3.8, 4) is 5.75 Å². The van der Waals surface area contributed by atoms with Gasteiger partial charge in [0.05, 0.1) is 12.0 Å². The number of nitrogens with zero attached hydrogens (tertiary/aromatic N) is 3. The Balaban J connectivity index is 1.13. The predicted octanol–water partition coefficient (Wildman–Crippen LogP) is 3.77. The summed E-state index contributed by atoms with van der Waals surface area (Å²) >= 11 is 0. The van der Waals surface area contributed by atoms with Gasteiger partial charge in [-0.2, -0.15) is 0 Å². The summed E-state index contributed by atoms with van der Waals surface area (Å²) in [5.74, 6) is 1.21. The Morgan fingerprint density at radius 1 is 1.16 bits per heavy atom. The lowest BCUT2D eigenvalue weighted by Crippen LogP contribution is -2.56. The Bertz CT molecular complexity index is 1130. The van der Waals surface area contributed by atoms with Crippen LogP contribution in [0.2, 0.25) is 0 Å². The summed E-state index contributed by atoms with van der Waals surface area (Å²) in [4.78, 5) is 34.1. The van der Waals surface area contributed by atoms with Crippen LogP contribution in [0.3, 0.4) is 0 Å². The van der Waals surface area contributed by atoms with E-state index in [1.807, 2.05) is 47.9 Å². The third kappa shape index (κ3) is 5.74. The summed E-state index contributed by atoms with van der Waals surface area (Å²) in [6.07, 6.45) is 5.18. The van der Waals surface area contributed by atoms with E-state index in [9.17, 15) is 14.7 Å². The second-order valence-electron chi connectivity index (χ2n) is 10.9. The molecule has 2 N–H and O–H groups in total. The number of carbonyl (C=O) groups is 2. The summed E-state index contributed by atoms with van der Waals surface area (Å²) < 4.78 is 5.87. The molecule has 5 rings (SSSR count). The molecule has 1 unspecified atom stereocenters. The molecular weight excluding hydrogens is 468 g/mol. The Labute approximate surface area is 219 Å². The summed E-state index contributed by atoms with van der Waals surface area (Å²) in [6, 6.07) is 10.8. The van der Waals surface area contributed by atoms with Crippen LogP contribution in [0.1, 0.15) is 56.0 Å². The molecule has 2 aromatic rings. The first-order chi connectivity index (χ1) is 17.9. The number of aromatic nitrogens is 1. The fourth-order valence-corrected chi connectivity index (χ4v) is 5.82. The lowest BCUT2D eigenvalue weighted by atomic mass is 9.92. The van der Waals surface area contributed by atoms with Gasteiger partial charge in [-0.05, 0) is 69.6 Å². The van der Waals surface area contributed by atoms with Gasteiger partial charge in [-0.25, -0.2) is 4.98 Å². The van der Waals surface area contributed by atoms with Crippen molar-refractivity contribution in [2.24, 2.45) is 11.8 Å². The van der Waals surface area contributed by atoms with Gasteiger partial charge >= 0.3 is 5.97 Å². The van der Waals surface area contributed by atoms with Crippen molar-refractivity contribution in [3.63, 3.8) is 0 Å². The Morgan fingerprint density at radius 2 is 1.97 bits per heavy atom. The number of ether oxygens (including phenoxy) is 1. The maximum absolute atomic E-state index is 13.2. The monoisotopic (exact) mass is 506 g/mol. The quantitative estimate of drug-likeness (QED) is 0.535. The zero-order valence-electron chi connectivity index (χ0n) is 21.9. The van der Waals surface area contributed by atoms with Gasteiger partial charge in [0.1, 0.15) is 17.6 Å². The van der Waals surface area contributed by atoms with E-state index in [1.165, 1.54) is 5.56 Å². The molecule has 3 aliphatic rings. The number of likely N-dealkylation sites (tertiary alicyclic amines) is 2. The van der Waals surface area contributed by atoms with Gasteiger partial charge < -0.3 is 20.1 Å². The number of aryl methyl sites for hydroxylation is 2. The van der Waals surface area contributed by atoms with Crippen LogP contribution in [0.5, 0.6) is 5.75 Å². The second-order valence-corrected chi connectivity index (χ2v) is 10.9. The van der Waals surface area contributed by atoms with Crippen LogP contribution in [0, 0.1) is 11.8 Å². The van der Waals surface area contributed by atoms with Crippen molar-refractivity contribution in [2.75, 3.05) is 38.0 Å². The molecule has 8 nitrogen and oxygen atoms in total. The number of nitrogens with one attached hydrogen (secondary N) is 1. The highest BCUT2D eigenvalue weighted by atomic mass is 16.5. The van der Waals surface area contributed by atoms with E-state index in [0.717, 1.165) is 63.3 Å². The first-order valence-corrected chi connectivity index (χ1v) is 13.6. The van der Waals surface area contributed by atoms with Gasteiger partial charge in [0.15, 0.2) is 0 Å². The number of hydrogen-bond donors (Lipinski definition) is 2. The third-order valence-corrected chi connectivity index (χ3v) is 7.79. The van der Waals surface area contributed by atoms with Crippen LogP contribution in [0.15, 0.2) is 36.4 Å². The fraction of sp³-hybridized carbons (Fsp3) is 0.552. The summed E-state index contributed by atoms with van der Waals surface area (Å²) in [5, 5.41) is 13.4. The SMILES string of the molecule is CC(C)Oc1ccccc1C(C(=O)O)N1CC(C(=O)N2CC[C@@H](CCc3ccc4c(n3)NCCC4)C2)C1. The summed E-state index contributed by atoms with van der Waals surface area (Å²) in [5.41, 5.74) is 3.07. The summed E-state index contributed by atoms with van der Waals surface area (Å²) in [7, 11) is 0. The molecule has 1 amide bonds. The lowest BCUT2D eigenvalue weighted by Gasteiger charge is -2.43. The van der Waals surface area contributed by atoms with Crippen molar-refractivity contribution >= 4 is 17.7 Å². The van der Waals surface area contributed by atoms with E-state index in [0.29, 0.717) is 30.3 Å². The van der Waals surface area contributed by atoms with E-state index in [4.69, 9.17) is 9.72 Å². The van der Waals surface area contributed by atoms with Crippen molar-refractivity contribution in [1.29, 1.82) is 0 Å². The van der Waals surface area contributed by atoms with Crippen LogP contribution < -0.4 is 10.1 Å². The molecular formula is C29H38N4O4. The van der Waals surface area contributed by atoms with Crippen molar-refractivity contribution in [1.82, 2.24) is 14.8 Å². The average molecular weight is 507 g/mol. The Morgan fingerprint density at radius 3 is 2.76 bits per heavy atom.